The number of ether oxygens (including phenoxy) is 1. The third-order valence-electron chi connectivity index (χ3n) is 3.15. The topological polar surface area (TPSA) is 26.3 Å². The molecule has 0 aromatic carbocycles. The first-order valence-corrected chi connectivity index (χ1v) is 5.21. The molecule has 1 rings (SSSR count). The maximum Gasteiger partial charge on any atom is 0.302 e. The van der Waals surface area contributed by atoms with E-state index in [0.29, 0.717) is 6.61 Å². The summed E-state index contributed by atoms with van der Waals surface area (Å²) in [4.78, 5) is 10.7. The number of allylic oxidation sites excluding steroid dienone is 2. The van der Waals surface area contributed by atoms with Gasteiger partial charge in [0, 0.05) is 12.3 Å². The molecule has 0 amide bonds. The van der Waals surface area contributed by atoms with E-state index >= 15 is 0 Å². The Kier molecular flexibility index (Phi) is 3.35. The van der Waals surface area contributed by atoms with Gasteiger partial charge in [-0.15, -0.1) is 0 Å². The Hall–Kier alpha value is -0.790. The van der Waals surface area contributed by atoms with Gasteiger partial charge in [-0.05, 0) is 33.1 Å². The molecule has 1 aliphatic rings. The standard InChI is InChI=1S/C12H20O2/c1-9-5-6-12(4,7-10(9)2)8-14-11(3)13/h5-8H2,1-4H3/t12-/m1/s1. The highest BCUT2D eigenvalue weighted by atomic mass is 16.5. The van der Waals surface area contributed by atoms with Gasteiger partial charge < -0.3 is 4.74 Å². The number of rotatable bonds is 2. The van der Waals surface area contributed by atoms with E-state index in [9.17, 15) is 4.79 Å². The van der Waals surface area contributed by atoms with Crippen LogP contribution in [0.5, 0.6) is 0 Å². The number of hydrogen-bond acceptors (Lipinski definition) is 2. The lowest BCUT2D eigenvalue weighted by atomic mass is 9.74. The van der Waals surface area contributed by atoms with Crippen LogP contribution >= 0.6 is 0 Å². The highest BCUT2D eigenvalue weighted by Crippen LogP contribution is 2.38. The summed E-state index contributed by atoms with van der Waals surface area (Å²) in [6.45, 7) is 8.61. The highest BCUT2D eigenvalue weighted by molar-refractivity contribution is 5.65. The fourth-order valence-corrected chi connectivity index (χ4v) is 1.98. The summed E-state index contributed by atoms with van der Waals surface area (Å²) in [5.74, 6) is -0.171. The van der Waals surface area contributed by atoms with Gasteiger partial charge in [-0.1, -0.05) is 18.1 Å². The van der Waals surface area contributed by atoms with Crippen molar-refractivity contribution in [3.63, 3.8) is 0 Å². The Labute approximate surface area is 86.3 Å². The Balaban J connectivity index is 2.56. The summed E-state index contributed by atoms with van der Waals surface area (Å²) in [6.07, 6.45) is 3.33. The van der Waals surface area contributed by atoms with Crippen LogP contribution in [0, 0.1) is 5.41 Å². The van der Waals surface area contributed by atoms with Crippen molar-refractivity contribution < 1.29 is 9.53 Å². The van der Waals surface area contributed by atoms with Crippen molar-refractivity contribution in [2.75, 3.05) is 6.61 Å². The summed E-state index contributed by atoms with van der Waals surface area (Å²) >= 11 is 0. The van der Waals surface area contributed by atoms with E-state index in [1.165, 1.54) is 18.1 Å². The number of carbonyl (C=O) groups excluding carboxylic acids is 1. The van der Waals surface area contributed by atoms with Crippen molar-refractivity contribution in [3.8, 4) is 0 Å². The number of carbonyl (C=O) groups is 1. The second-order valence-corrected chi connectivity index (χ2v) is 4.83. The molecule has 1 atom stereocenters. The van der Waals surface area contributed by atoms with E-state index in [1.807, 2.05) is 0 Å². The molecular weight excluding hydrogens is 176 g/mol. The van der Waals surface area contributed by atoms with E-state index in [-0.39, 0.29) is 11.4 Å². The maximum atomic E-state index is 10.7. The van der Waals surface area contributed by atoms with Crippen molar-refractivity contribution in [2.45, 2.75) is 47.0 Å². The lowest BCUT2D eigenvalue weighted by molar-refractivity contribution is -0.144. The highest BCUT2D eigenvalue weighted by Gasteiger charge is 2.29. The molecule has 0 bridgehead atoms. The van der Waals surface area contributed by atoms with E-state index in [4.69, 9.17) is 4.74 Å². The average molecular weight is 196 g/mol. The number of esters is 1. The van der Waals surface area contributed by atoms with Gasteiger partial charge in [0.25, 0.3) is 0 Å². The SMILES string of the molecule is CC(=O)OC[C@]1(C)CCC(C)=C(C)C1. The van der Waals surface area contributed by atoms with Crippen LogP contribution in [0.2, 0.25) is 0 Å². The molecule has 0 heterocycles. The molecule has 0 spiro atoms. The van der Waals surface area contributed by atoms with Crippen molar-refractivity contribution in [1.82, 2.24) is 0 Å². The molecule has 0 saturated carbocycles. The lowest BCUT2D eigenvalue weighted by Crippen LogP contribution is -2.27. The van der Waals surface area contributed by atoms with Gasteiger partial charge in [-0.3, -0.25) is 4.79 Å². The monoisotopic (exact) mass is 196 g/mol. The van der Waals surface area contributed by atoms with E-state index in [0.717, 1.165) is 19.3 Å². The molecule has 0 aliphatic heterocycles. The first kappa shape index (κ1) is 11.3. The lowest BCUT2D eigenvalue weighted by Gasteiger charge is -2.34. The van der Waals surface area contributed by atoms with Gasteiger partial charge in [0.1, 0.15) is 0 Å². The molecule has 14 heavy (non-hydrogen) atoms. The minimum absolute atomic E-state index is 0.162. The Morgan fingerprint density at radius 2 is 2.07 bits per heavy atom. The van der Waals surface area contributed by atoms with Crippen molar-refractivity contribution in [2.24, 2.45) is 5.41 Å². The van der Waals surface area contributed by atoms with Crippen molar-refractivity contribution in [1.29, 1.82) is 0 Å². The first-order valence-electron chi connectivity index (χ1n) is 5.21. The second kappa shape index (κ2) is 4.16. The Morgan fingerprint density at radius 1 is 1.43 bits per heavy atom. The van der Waals surface area contributed by atoms with Gasteiger partial charge in [0.05, 0.1) is 6.61 Å². The summed E-state index contributed by atoms with van der Waals surface area (Å²) in [5.41, 5.74) is 3.13. The van der Waals surface area contributed by atoms with Crippen molar-refractivity contribution >= 4 is 5.97 Å². The van der Waals surface area contributed by atoms with E-state index < -0.39 is 0 Å². The molecule has 0 fully saturated rings. The molecule has 0 unspecified atom stereocenters. The van der Waals surface area contributed by atoms with Crippen LogP contribution in [-0.4, -0.2) is 12.6 Å². The zero-order valence-corrected chi connectivity index (χ0v) is 9.64. The van der Waals surface area contributed by atoms with E-state index in [2.05, 4.69) is 20.8 Å². The fraction of sp³-hybridized carbons (Fsp3) is 0.750. The summed E-state index contributed by atoms with van der Waals surface area (Å²) in [6, 6.07) is 0. The van der Waals surface area contributed by atoms with Crippen LogP contribution in [0.3, 0.4) is 0 Å². The normalized spacial score (nSPS) is 27.7. The van der Waals surface area contributed by atoms with Crippen LogP contribution in [0.4, 0.5) is 0 Å². The smallest absolute Gasteiger partial charge is 0.302 e. The minimum Gasteiger partial charge on any atom is -0.465 e. The maximum absolute atomic E-state index is 10.7. The average Bonchev–Trinajstić information content (AvgIpc) is 2.09. The second-order valence-electron chi connectivity index (χ2n) is 4.83. The van der Waals surface area contributed by atoms with E-state index in [1.54, 1.807) is 0 Å². The molecule has 0 aromatic rings. The molecule has 0 saturated heterocycles. The van der Waals surface area contributed by atoms with Gasteiger partial charge in [0.2, 0.25) is 0 Å². The summed E-state index contributed by atoms with van der Waals surface area (Å²) in [5, 5.41) is 0. The molecule has 2 nitrogen and oxygen atoms in total. The minimum atomic E-state index is -0.171. The van der Waals surface area contributed by atoms with Crippen LogP contribution in [-0.2, 0) is 9.53 Å². The Bertz CT molecular complexity index is 265. The Morgan fingerprint density at radius 3 is 2.57 bits per heavy atom. The van der Waals surface area contributed by atoms with Crippen LogP contribution < -0.4 is 0 Å². The van der Waals surface area contributed by atoms with Crippen LogP contribution in [0.25, 0.3) is 0 Å². The molecule has 0 radical (unpaired) electrons. The largest absolute Gasteiger partial charge is 0.465 e. The molecular formula is C12H20O2. The third-order valence-corrected chi connectivity index (χ3v) is 3.15. The zero-order chi connectivity index (χ0) is 10.8. The summed E-state index contributed by atoms with van der Waals surface area (Å²) < 4.78 is 5.11. The van der Waals surface area contributed by atoms with Gasteiger partial charge in [-0.2, -0.15) is 0 Å². The molecule has 0 N–H and O–H groups in total. The zero-order valence-electron chi connectivity index (χ0n) is 9.64. The predicted octanol–water partition coefficient (Wildman–Crippen LogP) is 3.08. The van der Waals surface area contributed by atoms with Gasteiger partial charge in [-0.25, -0.2) is 0 Å². The van der Waals surface area contributed by atoms with Gasteiger partial charge in [0.15, 0.2) is 0 Å². The fourth-order valence-electron chi connectivity index (χ4n) is 1.98. The molecule has 80 valence electrons. The third kappa shape index (κ3) is 2.86. The number of hydrogen-bond donors (Lipinski definition) is 0. The molecule has 0 aromatic heterocycles. The summed E-state index contributed by atoms with van der Waals surface area (Å²) in [7, 11) is 0. The predicted molar refractivity (Wildman–Crippen MR) is 57.0 cm³/mol. The first-order chi connectivity index (χ1) is 6.43. The van der Waals surface area contributed by atoms with Gasteiger partial charge >= 0.3 is 5.97 Å². The quantitative estimate of drug-likeness (QED) is 0.501. The van der Waals surface area contributed by atoms with Crippen molar-refractivity contribution in [3.05, 3.63) is 11.1 Å². The van der Waals surface area contributed by atoms with Crippen LogP contribution in [0.15, 0.2) is 11.1 Å². The molecule has 1 aliphatic carbocycles. The molecule has 2 heteroatoms. The van der Waals surface area contributed by atoms with Crippen LogP contribution in [0.1, 0.15) is 47.0 Å².